The van der Waals surface area contributed by atoms with Crippen molar-refractivity contribution >= 4 is 22.7 Å². The van der Waals surface area contributed by atoms with E-state index < -0.39 is 29.1 Å². The van der Waals surface area contributed by atoms with E-state index in [1.165, 1.54) is 4.57 Å². The van der Waals surface area contributed by atoms with Gasteiger partial charge in [0.2, 0.25) is 11.8 Å². The standard InChI is InChI=1S/C19H18N4O4/c20-17(25)16(12-6-2-1-3-7-12)21-15(24)10-11-23-14-9-5-4-8-13(14)18(26)22-19(23)27/h1-9,16H,10-11H2,(H2,20,25)(H,21,24)(H,22,26,27). The second-order valence-corrected chi connectivity index (χ2v) is 5.99. The van der Waals surface area contributed by atoms with Crippen molar-refractivity contribution in [1.29, 1.82) is 0 Å². The van der Waals surface area contributed by atoms with Crippen molar-refractivity contribution in [2.75, 3.05) is 0 Å². The van der Waals surface area contributed by atoms with E-state index in [1.807, 2.05) is 0 Å². The molecule has 2 amide bonds. The minimum Gasteiger partial charge on any atom is -0.368 e. The number of nitrogens with two attached hydrogens (primary N) is 1. The number of carbonyl (C=O) groups excluding carboxylic acids is 2. The van der Waals surface area contributed by atoms with Crippen LogP contribution in [0, 0.1) is 0 Å². The van der Waals surface area contributed by atoms with Gasteiger partial charge in [-0.15, -0.1) is 0 Å². The Hall–Kier alpha value is -3.68. The number of rotatable bonds is 6. The van der Waals surface area contributed by atoms with Crippen molar-refractivity contribution in [2.24, 2.45) is 5.73 Å². The predicted octanol–water partition coefficient (Wildman–Crippen LogP) is 0.423. The van der Waals surface area contributed by atoms with Gasteiger partial charge in [-0.1, -0.05) is 42.5 Å². The lowest BCUT2D eigenvalue weighted by Gasteiger charge is -2.16. The number of para-hydroxylation sites is 1. The number of H-pyrrole nitrogens is 1. The summed E-state index contributed by atoms with van der Waals surface area (Å²) < 4.78 is 1.32. The van der Waals surface area contributed by atoms with Gasteiger partial charge in [0, 0.05) is 13.0 Å². The SMILES string of the molecule is NC(=O)C(NC(=O)CCn1c(=O)[nH]c(=O)c2ccccc21)c1ccccc1. The number of benzene rings is 2. The molecule has 0 aliphatic carbocycles. The summed E-state index contributed by atoms with van der Waals surface area (Å²) in [5, 5.41) is 2.94. The summed E-state index contributed by atoms with van der Waals surface area (Å²) in [5.74, 6) is -1.12. The normalized spacial score (nSPS) is 11.9. The van der Waals surface area contributed by atoms with Crippen molar-refractivity contribution in [3.8, 4) is 0 Å². The Morgan fingerprint density at radius 2 is 1.70 bits per heavy atom. The maximum absolute atomic E-state index is 12.3. The van der Waals surface area contributed by atoms with Crippen molar-refractivity contribution in [3.63, 3.8) is 0 Å². The fraction of sp³-hybridized carbons (Fsp3) is 0.158. The number of amides is 2. The van der Waals surface area contributed by atoms with Crippen LogP contribution in [-0.4, -0.2) is 21.4 Å². The number of aryl methyl sites for hydroxylation is 1. The number of nitrogens with one attached hydrogen (secondary N) is 2. The summed E-state index contributed by atoms with van der Waals surface area (Å²) in [7, 11) is 0. The lowest BCUT2D eigenvalue weighted by atomic mass is 10.1. The Labute approximate surface area is 153 Å². The van der Waals surface area contributed by atoms with E-state index in [2.05, 4.69) is 10.3 Å². The number of hydrogen-bond donors (Lipinski definition) is 3. The highest BCUT2D eigenvalue weighted by Crippen LogP contribution is 2.12. The van der Waals surface area contributed by atoms with E-state index in [4.69, 9.17) is 5.73 Å². The van der Waals surface area contributed by atoms with Crippen LogP contribution in [0.15, 0.2) is 64.2 Å². The van der Waals surface area contributed by atoms with Crippen LogP contribution in [0.4, 0.5) is 0 Å². The van der Waals surface area contributed by atoms with Crippen molar-refractivity contribution in [1.82, 2.24) is 14.9 Å². The van der Waals surface area contributed by atoms with E-state index >= 15 is 0 Å². The molecule has 1 aromatic heterocycles. The van der Waals surface area contributed by atoms with Crippen LogP contribution in [0.1, 0.15) is 18.0 Å². The highest BCUT2D eigenvalue weighted by atomic mass is 16.2. The third-order valence-electron chi connectivity index (χ3n) is 4.19. The minimum absolute atomic E-state index is 0.0439. The van der Waals surface area contributed by atoms with Gasteiger partial charge in [-0.25, -0.2) is 4.79 Å². The van der Waals surface area contributed by atoms with Gasteiger partial charge in [-0.2, -0.15) is 0 Å². The molecule has 138 valence electrons. The van der Waals surface area contributed by atoms with Crippen LogP contribution in [0.5, 0.6) is 0 Å². The summed E-state index contributed by atoms with van der Waals surface area (Å²) in [4.78, 5) is 50.2. The Morgan fingerprint density at radius 1 is 1.04 bits per heavy atom. The van der Waals surface area contributed by atoms with Gasteiger partial charge in [-0.3, -0.25) is 23.9 Å². The zero-order valence-electron chi connectivity index (χ0n) is 14.3. The van der Waals surface area contributed by atoms with Gasteiger partial charge < -0.3 is 11.1 Å². The van der Waals surface area contributed by atoms with Crippen LogP contribution >= 0.6 is 0 Å². The number of aromatic nitrogens is 2. The number of carbonyl (C=O) groups is 2. The second kappa shape index (κ2) is 7.69. The van der Waals surface area contributed by atoms with Crippen LogP contribution in [0.25, 0.3) is 10.9 Å². The number of primary amides is 1. The average Bonchev–Trinajstić information content (AvgIpc) is 2.66. The largest absolute Gasteiger partial charge is 0.368 e. The highest BCUT2D eigenvalue weighted by Gasteiger charge is 2.20. The zero-order chi connectivity index (χ0) is 19.4. The number of aromatic amines is 1. The van der Waals surface area contributed by atoms with Crippen LogP contribution in [-0.2, 0) is 16.1 Å². The van der Waals surface area contributed by atoms with E-state index in [1.54, 1.807) is 54.6 Å². The quantitative estimate of drug-likeness (QED) is 0.584. The van der Waals surface area contributed by atoms with Gasteiger partial charge in [0.25, 0.3) is 5.56 Å². The molecule has 1 unspecified atom stereocenters. The van der Waals surface area contributed by atoms with Gasteiger partial charge in [-0.05, 0) is 17.7 Å². The molecule has 0 saturated heterocycles. The van der Waals surface area contributed by atoms with Gasteiger partial charge >= 0.3 is 5.69 Å². The average molecular weight is 366 g/mol. The molecule has 0 bridgehead atoms. The zero-order valence-corrected chi connectivity index (χ0v) is 14.3. The molecule has 0 aliphatic rings. The molecule has 0 aliphatic heterocycles. The van der Waals surface area contributed by atoms with Crippen molar-refractivity contribution < 1.29 is 9.59 Å². The summed E-state index contributed by atoms with van der Waals surface area (Å²) in [6.45, 7) is 0.0439. The second-order valence-electron chi connectivity index (χ2n) is 5.99. The molecular weight excluding hydrogens is 348 g/mol. The summed E-state index contributed by atoms with van der Waals surface area (Å²) in [6.07, 6.45) is -0.0629. The maximum atomic E-state index is 12.3. The number of hydrogen-bond acceptors (Lipinski definition) is 4. The maximum Gasteiger partial charge on any atom is 0.328 e. The first-order chi connectivity index (χ1) is 13.0. The Bertz CT molecular complexity index is 1100. The van der Waals surface area contributed by atoms with Crippen molar-refractivity contribution in [2.45, 2.75) is 19.0 Å². The first-order valence-corrected chi connectivity index (χ1v) is 8.33. The summed E-state index contributed by atoms with van der Waals surface area (Å²) in [6, 6.07) is 14.3. The summed E-state index contributed by atoms with van der Waals surface area (Å²) in [5.41, 5.74) is 5.33. The Kier molecular flexibility index (Phi) is 5.16. The van der Waals surface area contributed by atoms with Crippen LogP contribution in [0.3, 0.4) is 0 Å². The van der Waals surface area contributed by atoms with E-state index in [0.717, 1.165) is 0 Å². The Balaban J connectivity index is 1.78. The van der Waals surface area contributed by atoms with E-state index in [-0.39, 0.29) is 13.0 Å². The molecule has 1 heterocycles. The Morgan fingerprint density at radius 3 is 2.41 bits per heavy atom. The third kappa shape index (κ3) is 3.95. The molecule has 4 N–H and O–H groups in total. The molecule has 0 saturated carbocycles. The molecule has 2 aromatic carbocycles. The molecule has 3 rings (SSSR count). The molecule has 0 fully saturated rings. The lowest BCUT2D eigenvalue weighted by Crippen LogP contribution is -2.38. The fourth-order valence-electron chi connectivity index (χ4n) is 2.88. The molecule has 1 atom stereocenters. The minimum atomic E-state index is -0.956. The third-order valence-corrected chi connectivity index (χ3v) is 4.19. The fourth-order valence-corrected chi connectivity index (χ4v) is 2.88. The molecule has 3 aromatic rings. The first kappa shape index (κ1) is 18.1. The molecule has 27 heavy (non-hydrogen) atoms. The number of nitrogens with zero attached hydrogens (tertiary/aromatic N) is 1. The lowest BCUT2D eigenvalue weighted by molar-refractivity contribution is -0.127. The van der Waals surface area contributed by atoms with Gasteiger partial charge in [0.15, 0.2) is 0 Å². The smallest absolute Gasteiger partial charge is 0.328 e. The summed E-state index contributed by atoms with van der Waals surface area (Å²) >= 11 is 0. The highest BCUT2D eigenvalue weighted by molar-refractivity contribution is 5.87. The monoisotopic (exact) mass is 366 g/mol. The molecule has 0 radical (unpaired) electrons. The van der Waals surface area contributed by atoms with E-state index in [9.17, 15) is 19.2 Å². The molecular formula is C19H18N4O4. The van der Waals surface area contributed by atoms with Gasteiger partial charge in [0.1, 0.15) is 6.04 Å². The van der Waals surface area contributed by atoms with Crippen molar-refractivity contribution in [3.05, 3.63) is 81.0 Å². The van der Waals surface area contributed by atoms with Crippen LogP contribution < -0.4 is 22.3 Å². The molecule has 8 heteroatoms. The topological polar surface area (TPSA) is 127 Å². The van der Waals surface area contributed by atoms with Crippen LogP contribution in [0.2, 0.25) is 0 Å². The molecule has 8 nitrogen and oxygen atoms in total. The van der Waals surface area contributed by atoms with Gasteiger partial charge in [0.05, 0.1) is 10.9 Å². The molecule has 0 spiro atoms. The van der Waals surface area contributed by atoms with E-state index in [0.29, 0.717) is 16.5 Å². The predicted molar refractivity (Wildman–Crippen MR) is 100.0 cm³/mol. The first-order valence-electron chi connectivity index (χ1n) is 8.33. The number of fused-ring (bicyclic) bond motifs is 1.